The Labute approximate surface area is 175 Å². The number of aromatic amines is 1. The topological polar surface area (TPSA) is 83.2 Å². The number of benzene rings is 2. The largest absolute Gasteiger partial charge is 0.466 e. The Morgan fingerprint density at radius 2 is 2.03 bits per heavy atom. The number of aryl methyl sites for hydroxylation is 1. The maximum atomic E-state index is 14.0. The number of anilines is 1. The van der Waals surface area contributed by atoms with Gasteiger partial charge in [-0.05, 0) is 50.1 Å². The first-order chi connectivity index (χ1) is 14.2. The van der Waals surface area contributed by atoms with E-state index in [0.29, 0.717) is 39.5 Å². The molecule has 2 amide bonds. The summed E-state index contributed by atoms with van der Waals surface area (Å²) in [5.41, 5.74) is 0.188. The quantitative estimate of drug-likeness (QED) is 0.546. The molecule has 30 heavy (non-hydrogen) atoms. The summed E-state index contributed by atoms with van der Waals surface area (Å²) >= 11 is 5.91. The lowest BCUT2D eigenvalue weighted by molar-refractivity contribution is -0.146. The highest BCUT2D eigenvalue weighted by molar-refractivity contribution is 6.31. The maximum absolute atomic E-state index is 14.0. The number of hydrogen-bond acceptors (Lipinski definition) is 3. The summed E-state index contributed by atoms with van der Waals surface area (Å²) in [6.45, 7) is 3.26. The number of H-pyrrole nitrogens is 1. The van der Waals surface area contributed by atoms with Crippen LogP contribution in [0.1, 0.15) is 18.2 Å². The molecule has 156 valence electrons. The average molecular weight is 434 g/mol. The summed E-state index contributed by atoms with van der Waals surface area (Å²) in [5, 5.41) is 6.14. The highest BCUT2D eigenvalue weighted by Crippen LogP contribution is 2.35. The predicted molar refractivity (Wildman–Crippen MR) is 109 cm³/mol. The summed E-state index contributed by atoms with van der Waals surface area (Å²) in [7, 11) is 0. The Morgan fingerprint density at radius 1 is 1.27 bits per heavy atom. The van der Waals surface area contributed by atoms with Crippen molar-refractivity contribution in [1.82, 2.24) is 10.3 Å². The second kappa shape index (κ2) is 7.28. The number of carbonyl (C=O) groups excluding carboxylic acids is 2. The molecule has 2 heterocycles. The molecule has 0 radical (unpaired) electrons. The SMILES string of the molecule is Cc1[nH]c2c(F)cc(F)cc2c1CCNC(=O)C1(C)Oc2ccc(Cl)cc2NC1=O. The third kappa shape index (κ3) is 3.37. The molecule has 1 atom stereocenters. The van der Waals surface area contributed by atoms with E-state index in [1.54, 1.807) is 19.1 Å². The van der Waals surface area contributed by atoms with E-state index in [1.165, 1.54) is 19.1 Å². The molecular formula is C21H18ClF2N3O3. The number of rotatable bonds is 4. The number of halogens is 3. The van der Waals surface area contributed by atoms with Gasteiger partial charge in [0.25, 0.3) is 17.4 Å². The predicted octanol–water partition coefficient (Wildman–Crippen LogP) is 3.86. The normalized spacial score (nSPS) is 18.0. The van der Waals surface area contributed by atoms with E-state index in [0.717, 1.165) is 6.07 Å². The van der Waals surface area contributed by atoms with Crippen molar-refractivity contribution in [3.8, 4) is 5.75 Å². The van der Waals surface area contributed by atoms with Crippen molar-refractivity contribution in [3.63, 3.8) is 0 Å². The van der Waals surface area contributed by atoms with Crippen LogP contribution in [0, 0.1) is 18.6 Å². The summed E-state index contributed by atoms with van der Waals surface area (Å²) in [6.07, 6.45) is 0.310. The number of nitrogens with one attached hydrogen (secondary N) is 3. The van der Waals surface area contributed by atoms with Crippen LogP contribution in [-0.4, -0.2) is 28.9 Å². The first-order valence-electron chi connectivity index (χ1n) is 9.23. The number of amides is 2. The fraction of sp³-hybridized carbons (Fsp3) is 0.238. The molecule has 3 N–H and O–H groups in total. The van der Waals surface area contributed by atoms with Crippen molar-refractivity contribution in [1.29, 1.82) is 0 Å². The van der Waals surface area contributed by atoms with Gasteiger partial charge in [0.15, 0.2) is 0 Å². The molecule has 0 saturated carbocycles. The third-order valence-electron chi connectivity index (χ3n) is 5.18. The van der Waals surface area contributed by atoms with Crippen molar-refractivity contribution >= 4 is 40.0 Å². The smallest absolute Gasteiger partial charge is 0.278 e. The van der Waals surface area contributed by atoms with Gasteiger partial charge in [-0.3, -0.25) is 9.59 Å². The standard InChI is InChI=1S/C21H18ClF2N3O3/c1-10-13(14-8-12(23)9-15(24)18(14)26-10)5-6-25-19(28)21(2)20(29)27-16-7-11(22)3-4-17(16)30-21/h3-4,7-9,26H,5-6H2,1-2H3,(H,25,28)(H,27,29). The van der Waals surface area contributed by atoms with Crippen molar-refractivity contribution < 1.29 is 23.1 Å². The number of ether oxygens (including phenoxy) is 1. The summed E-state index contributed by atoms with van der Waals surface area (Å²) in [6, 6.07) is 6.76. The van der Waals surface area contributed by atoms with E-state index in [2.05, 4.69) is 15.6 Å². The minimum atomic E-state index is -1.77. The first kappa shape index (κ1) is 20.2. The summed E-state index contributed by atoms with van der Waals surface area (Å²) < 4.78 is 33.3. The van der Waals surface area contributed by atoms with Gasteiger partial charge in [0, 0.05) is 28.7 Å². The minimum absolute atomic E-state index is 0.143. The van der Waals surface area contributed by atoms with E-state index >= 15 is 0 Å². The zero-order valence-electron chi connectivity index (χ0n) is 16.2. The van der Waals surface area contributed by atoms with Crippen LogP contribution in [0.2, 0.25) is 5.02 Å². The first-order valence-corrected chi connectivity index (χ1v) is 9.61. The van der Waals surface area contributed by atoms with Gasteiger partial charge in [0.2, 0.25) is 0 Å². The van der Waals surface area contributed by atoms with E-state index in [4.69, 9.17) is 16.3 Å². The number of aromatic nitrogens is 1. The van der Waals surface area contributed by atoms with Gasteiger partial charge in [-0.2, -0.15) is 0 Å². The summed E-state index contributed by atoms with van der Waals surface area (Å²) in [4.78, 5) is 28.1. The second-order valence-electron chi connectivity index (χ2n) is 7.27. The Bertz CT molecular complexity index is 1190. The van der Waals surface area contributed by atoms with E-state index in [9.17, 15) is 18.4 Å². The van der Waals surface area contributed by atoms with Gasteiger partial charge in [0.05, 0.1) is 11.2 Å². The average Bonchev–Trinajstić information content (AvgIpc) is 2.99. The Hall–Kier alpha value is -3.13. The molecule has 6 nitrogen and oxygen atoms in total. The van der Waals surface area contributed by atoms with Crippen molar-refractivity contribution in [3.05, 3.63) is 58.2 Å². The second-order valence-corrected chi connectivity index (χ2v) is 7.71. The van der Waals surface area contributed by atoms with Gasteiger partial charge >= 0.3 is 0 Å². The Kier molecular flexibility index (Phi) is 4.89. The van der Waals surface area contributed by atoms with Gasteiger partial charge in [-0.1, -0.05) is 11.6 Å². The molecule has 0 aliphatic carbocycles. The van der Waals surface area contributed by atoms with Crippen LogP contribution in [0.25, 0.3) is 10.9 Å². The molecule has 4 rings (SSSR count). The van der Waals surface area contributed by atoms with Gasteiger partial charge < -0.3 is 20.4 Å². The van der Waals surface area contributed by atoms with Crippen LogP contribution < -0.4 is 15.4 Å². The Balaban J connectivity index is 1.49. The molecule has 1 unspecified atom stereocenters. The van der Waals surface area contributed by atoms with Crippen LogP contribution in [0.3, 0.4) is 0 Å². The van der Waals surface area contributed by atoms with Crippen molar-refractivity contribution in [2.75, 3.05) is 11.9 Å². The zero-order valence-corrected chi connectivity index (χ0v) is 16.9. The number of carbonyl (C=O) groups is 2. The van der Waals surface area contributed by atoms with Crippen LogP contribution in [0.5, 0.6) is 5.75 Å². The van der Waals surface area contributed by atoms with E-state index < -0.39 is 29.0 Å². The minimum Gasteiger partial charge on any atom is -0.466 e. The van der Waals surface area contributed by atoms with Crippen molar-refractivity contribution in [2.45, 2.75) is 25.9 Å². The molecule has 1 aliphatic rings. The molecule has 1 aromatic heterocycles. The highest BCUT2D eigenvalue weighted by atomic mass is 35.5. The van der Waals surface area contributed by atoms with Crippen LogP contribution >= 0.6 is 11.6 Å². The fourth-order valence-corrected chi connectivity index (χ4v) is 3.71. The fourth-order valence-electron chi connectivity index (χ4n) is 3.54. The van der Waals surface area contributed by atoms with Gasteiger partial charge in [0.1, 0.15) is 17.4 Å². The van der Waals surface area contributed by atoms with Gasteiger partial charge in [-0.25, -0.2) is 8.78 Å². The molecule has 3 aromatic rings. The van der Waals surface area contributed by atoms with E-state index in [1.807, 2.05) is 0 Å². The lowest BCUT2D eigenvalue weighted by Gasteiger charge is -2.33. The van der Waals surface area contributed by atoms with Crippen LogP contribution in [0.4, 0.5) is 14.5 Å². The highest BCUT2D eigenvalue weighted by Gasteiger charge is 2.47. The zero-order chi connectivity index (χ0) is 21.6. The molecule has 0 bridgehead atoms. The molecule has 9 heteroatoms. The molecular weight excluding hydrogens is 416 g/mol. The molecule has 1 aliphatic heterocycles. The third-order valence-corrected chi connectivity index (χ3v) is 5.41. The molecule has 2 aromatic carbocycles. The maximum Gasteiger partial charge on any atom is 0.278 e. The lowest BCUT2D eigenvalue weighted by Crippen LogP contribution is -2.58. The van der Waals surface area contributed by atoms with Crippen LogP contribution in [0.15, 0.2) is 30.3 Å². The van der Waals surface area contributed by atoms with E-state index in [-0.39, 0.29) is 12.1 Å². The molecule has 0 saturated heterocycles. The summed E-state index contributed by atoms with van der Waals surface area (Å²) in [5.74, 6) is -2.28. The number of hydrogen-bond donors (Lipinski definition) is 3. The van der Waals surface area contributed by atoms with Gasteiger partial charge in [-0.15, -0.1) is 0 Å². The van der Waals surface area contributed by atoms with Crippen LogP contribution in [-0.2, 0) is 16.0 Å². The molecule has 0 spiro atoms. The Morgan fingerprint density at radius 3 is 2.80 bits per heavy atom. The van der Waals surface area contributed by atoms with Crippen molar-refractivity contribution in [2.24, 2.45) is 0 Å². The monoisotopic (exact) mass is 433 g/mol. The lowest BCUT2D eigenvalue weighted by atomic mass is 10.0. The molecule has 0 fully saturated rings. The number of fused-ring (bicyclic) bond motifs is 2.